The summed E-state index contributed by atoms with van der Waals surface area (Å²) < 4.78 is 7.78. The molecule has 0 unspecified atom stereocenters. The fraction of sp³-hybridized carbons (Fsp3) is 0.0870. The smallest absolute Gasteiger partial charge is 0.323 e. The summed E-state index contributed by atoms with van der Waals surface area (Å²) in [6.07, 6.45) is 3.96. The lowest BCUT2D eigenvalue weighted by atomic mass is 10.2. The molecule has 31 heavy (non-hydrogen) atoms. The Labute approximate surface area is 176 Å². The summed E-state index contributed by atoms with van der Waals surface area (Å²) >= 11 is 0. The Morgan fingerprint density at radius 1 is 1.03 bits per heavy atom. The van der Waals surface area contributed by atoms with Crippen LogP contribution in [0.25, 0.3) is 16.7 Å². The number of fused-ring (bicyclic) bond motifs is 2. The van der Waals surface area contributed by atoms with Gasteiger partial charge in [-0.05, 0) is 61.0 Å². The number of pyridine rings is 1. The van der Waals surface area contributed by atoms with Gasteiger partial charge >= 0.3 is 5.69 Å². The summed E-state index contributed by atoms with van der Waals surface area (Å²) in [6, 6.07) is 16.1. The van der Waals surface area contributed by atoms with Crippen molar-refractivity contribution in [3.63, 3.8) is 0 Å². The molecule has 0 aliphatic carbocycles. The second-order valence-electron chi connectivity index (χ2n) is 7.31. The quantitative estimate of drug-likeness (QED) is 0.409. The normalized spacial score (nSPS) is 11.1. The van der Waals surface area contributed by atoms with Crippen molar-refractivity contribution in [2.75, 3.05) is 5.32 Å². The fourth-order valence-electron chi connectivity index (χ4n) is 3.40. The molecule has 1 amide bonds. The maximum Gasteiger partial charge on any atom is 0.323 e. The SMILES string of the molecule is Cc1ccc2nc(COc3ccc(C(=O)Nc4ccc5[nH]c(=O)[nH]c5c4)cc3)cn2c1. The van der Waals surface area contributed by atoms with Crippen LogP contribution < -0.4 is 15.7 Å². The summed E-state index contributed by atoms with van der Waals surface area (Å²) in [5.41, 5.74) is 4.98. The van der Waals surface area contributed by atoms with Crippen LogP contribution in [0.15, 0.2) is 71.8 Å². The number of carbonyl (C=O) groups excluding carboxylic acids is 1. The molecule has 0 atom stereocenters. The Bertz CT molecular complexity index is 1460. The van der Waals surface area contributed by atoms with Gasteiger partial charge in [-0.3, -0.25) is 4.79 Å². The van der Waals surface area contributed by atoms with Crippen molar-refractivity contribution in [1.82, 2.24) is 19.4 Å². The predicted molar refractivity (Wildman–Crippen MR) is 118 cm³/mol. The first kappa shape index (κ1) is 18.7. The molecule has 8 heteroatoms. The number of hydrogen-bond acceptors (Lipinski definition) is 4. The average molecular weight is 413 g/mol. The van der Waals surface area contributed by atoms with Crippen molar-refractivity contribution < 1.29 is 9.53 Å². The lowest BCUT2D eigenvalue weighted by Crippen LogP contribution is -2.11. The van der Waals surface area contributed by atoms with Crippen molar-refractivity contribution in [1.29, 1.82) is 0 Å². The van der Waals surface area contributed by atoms with Gasteiger partial charge in [0.2, 0.25) is 0 Å². The summed E-state index contributed by atoms with van der Waals surface area (Å²) in [6.45, 7) is 2.37. The number of rotatable bonds is 5. The molecule has 8 nitrogen and oxygen atoms in total. The summed E-state index contributed by atoms with van der Waals surface area (Å²) in [5, 5.41) is 2.83. The topological polar surface area (TPSA) is 104 Å². The molecule has 0 fully saturated rings. The number of nitrogens with zero attached hydrogens (tertiary/aromatic N) is 2. The summed E-state index contributed by atoms with van der Waals surface area (Å²) in [4.78, 5) is 33.8. The van der Waals surface area contributed by atoms with Crippen LogP contribution in [0.4, 0.5) is 5.69 Å². The number of nitrogens with one attached hydrogen (secondary N) is 3. The number of H-pyrrole nitrogens is 2. The third-order valence-corrected chi connectivity index (χ3v) is 4.93. The van der Waals surface area contributed by atoms with Gasteiger partial charge in [-0.15, -0.1) is 0 Å². The molecular formula is C23H19N5O3. The van der Waals surface area contributed by atoms with E-state index < -0.39 is 0 Å². The number of ether oxygens (including phenoxy) is 1. The molecule has 0 radical (unpaired) electrons. The molecule has 0 spiro atoms. The molecule has 0 aliphatic heterocycles. The first-order chi connectivity index (χ1) is 15.0. The van der Waals surface area contributed by atoms with Crippen molar-refractivity contribution in [2.45, 2.75) is 13.5 Å². The minimum absolute atomic E-state index is 0.250. The fourth-order valence-corrected chi connectivity index (χ4v) is 3.40. The standard InChI is InChI=1S/C23H19N5O3/c1-14-2-9-21-24-17(12-28(21)11-14)13-31-18-6-3-15(4-7-18)22(29)25-16-5-8-19-20(10-16)27-23(30)26-19/h2-12H,13H2,1H3,(H,25,29)(H2,26,27,30). The second kappa shape index (κ2) is 7.49. The number of carbonyl (C=O) groups is 1. The molecule has 2 aromatic carbocycles. The van der Waals surface area contributed by atoms with Gasteiger partial charge in [0.25, 0.3) is 5.91 Å². The monoisotopic (exact) mass is 413 g/mol. The molecule has 0 bridgehead atoms. The summed E-state index contributed by atoms with van der Waals surface area (Å²) in [7, 11) is 0. The van der Waals surface area contributed by atoms with Gasteiger partial charge < -0.3 is 24.4 Å². The van der Waals surface area contributed by atoms with Crippen LogP contribution in [0.3, 0.4) is 0 Å². The molecule has 154 valence electrons. The number of aromatic amines is 2. The predicted octanol–water partition coefficient (Wildman–Crippen LogP) is 3.64. The minimum atomic E-state index is -0.284. The van der Waals surface area contributed by atoms with E-state index in [9.17, 15) is 9.59 Å². The largest absolute Gasteiger partial charge is 0.487 e. The van der Waals surface area contributed by atoms with Gasteiger partial charge in [0, 0.05) is 23.6 Å². The Morgan fingerprint density at radius 2 is 1.84 bits per heavy atom. The minimum Gasteiger partial charge on any atom is -0.487 e. The number of benzene rings is 2. The third-order valence-electron chi connectivity index (χ3n) is 4.93. The van der Waals surface area contributed by atoms with E-state index in [1.54, 1.807) is 42.5 Å². The average Bonchev–Trinajstić information content (AvgIpc) is 3.33. The number of anilines is 1. The van der Waals surface area contributed by atoms with Crippen LogP contribution in [0.1, 0.15) is 21.6 Å². The molecule has 5 rings (SSSR count). The molecule has 3 aromatic heterocycles. The first-order valence-electron chi connectivity index (χ1n) is 9.74. The summed E-state index contributed by atoms with van der Waals surface area (Å²) in [5.74, 6) is 0.399. The van der Waals surface area contributed by atoms with E-state index in [2.05, 4.69) is 20.3 Å². The number of hydrogen-bond donors (Lipinski definition) is 3. The van der Waals surface area contributed by atoms with Crippen LogP contribution in [0, 0.1) is 6.92 Å². The molecule has 3 N–H and O–H groups in total. The van der Waals surface area contributed by atoms with E-state index in [-0.39, 0.29) is 11.6 Å². The maximum atomic E-state index is 12.5. The second-order valence-corrected chi connectivity index (χ2v) is 7.31. The van der Waals surface area contributed by atoms with Crippen molar-refractivity contribution in [3.8, 4) is 5.75 Å². The Morgan fingerprint density at radius 3 is 2.68 bits per heavy atom. The Hall–Kier alpha value is -4.33. The highest BCUT2D eigenvalue weighted by Crippen LogP contribution is 2.18. The van der Waals surface area contributed by atoms with Crippen LogP contribution in [-0.2, 0) is 6.61 Å². The van der Waals surface area contributed by atoms with E-state index in [4.69, 9.17) is 4.74 Å². The number of aromatic nitrogens is 4. The van der Waals surface area contributed by atoms with Crippen molar-refractivity contribution in [3.05, 3.63) is 94.3 Å². The zero-order chi connectivity index (χ0) is 21.4. The van der Waals surface area contributed by atoms with Crippen LogP contribution in [0.2, 0.25) is 0 Å². The lowest BCUT2D eigenvalue weighted by molar-refractivity contribution is 0.102. The van der Waals surface area contributed by atoms with E-state index >= 15 is 0 Å². The van der Waals surface area contributed by atoms with E-state index in [0.29, 0.717) is 34.6 Å². The molecule has 3 heterocycles. The van der Waals surface area contributed by atoms with E-state index in [1.807, 2.05) is 35.9 Å². The van der Waals surface area contributed by atoms with Crippen LogP contribution in [0.5, 0.6) is 5.75 Å². The Kier molecular flexibility index (Phi) is 4.51. The number of imidazole rings is 2. The lowest BCUT2D eigenvalue weighted by Gasteiger charge is -2.07. The van der Waals surface area contributed by atoms with Gasteiger partial charge in [0.05, 0.1) is 16.7 Å². The molecule has 0 aliphatic rings. The van der Waals surface area contributed by atoms with Gasteiger partial charge in [0.1, 0.15) is 18.0 Å². The van der Waals surface area contributed by atoms with Crippen molar-refractivity contribution >= 4 is 28.3 Å². The third kappa shape index (κ3) is 3.91. The molecule has 0 saturated heterocycles. The first-order valence-corrected chi connectivity index (χ1v) is 9.74. The zero-order valence-electron chi connectivity index (χ0n) is 16.7. The Balaban J connectivity index is 1.24. The number of aryl methyl sites for hydroxylation is 1. The van der Waals surface area contributed by atoms with Gasteiger partial charge in [0.15, 0.2) is 0 Å². The molecular weight excluding hydrogens is 394 g/mol. The highest BCUT2D eigenvalue weighted by Gasteiger charge is 2.09. The number of amides is 1. The zero-order valence-corrected chi connectivity index (χ0v) is 16.7. The van der Waals surface area contributed by atoms with Crippen molar-refractivity contribution in [2.24, 2.45) is 0 Å². The van der Waals surface area contributed by atoms with Gasteiger partial charge in [-0.2, -0.15) is 0 Å². The van der Waals surface area contributed by atoms with E-state index in [1.165, 1.54) is 0 Å². The molecule has 0 saturated carbocycles. The van der Waals surface area contributed by atoms with Gasteiger partial charge in [-0.1, -0.05) is 6.07 Å². The van der Waals surface area contributed by atoms with E-state index in [0.717, 1.165) is 16.9 Å². The molecule has 5 aromatic rings. The van der Waals surface area contributed by atoms with Crippen LogP contribution in [-0.4, -0.2) is 25.3 Å². The van der Waals surface area contributed by atoms with Gasteiger partial charge in [-0.25, -0.2) is 9.78 Å². The van der Waals surface area contributed by atoms with Crippen LogP contribution >= 0.6 is 0 Å². The highest BCUT2D eigenvalue weighted by molar-refractivity contribution is 6.05. The highest BCUT2D eigenvalue weighted by atomic mass is 16.5. The maximum absolute atomic E-state index is 12.5.